The van der Waals surface area contributed by atoms with Gasteiger partial charge in [0.15, 0.2) is 0 Å². The van der Waals surface area contributed by atoms with E-state index < -0.39 is 0 Å². The first-order valence-electron chi connectivity index (χ1n) is 22.4. The molecule has 0 unspecified atom stereocenters. The molecule has 11 rings (SSSR count). The van der Waals surface area contributed by atoms with Gasteiger partial charge < -0.3 is 9.80 Å². The molecule has 2 heteroatoms. The van der Waals surface area contributed by atoms with Crippen molar-refractivity contribution in [2.45, 2.75) is 38.5 Å². The van der Waals surface area contributed by atoms with E-state index in [2.05, 4.69) is 268 Å². The van der Waals surface area contributed by atoms with Crippen LogP contribution in [0.4, 0.5) is 34.1 Å². The van der Waals surface area contributed by atoms with Gasteiger partial charge in [0, 0.05) is 45.0 Å². The van der Waals surface area contributed by atoms with Crippen molar-refractivity contribution in [3.63, 3.8) is 0 Å². The molecule has 2 nitrogen and oxygen atoms in total. The zero-order valence-electron chi connectivity index (χ0n) is 36.8. The van der Waals surface area contributed by atoms with Gasteiger partial charge in [0.1, 0.15) is 0 Å². The van der Waals surface area contributed by atoms with E-state index in [9.17, 15) is 0 Å². The smallest absolute Gasteiger partial charge is 0.0465 e. The Labute approximate surface area is 378 Å². The van der Waals surface area contributed by atoms with E-state index in [1.807, 2.05) is 0 Å². The third-order valence-electron chi connectivity index (χ3n) is 13.7. The van der Waals surface area contributed by atoms with Crippen LogP contribution in [0, 0.1) is 0 Å². The van der Waals surface area contributed by atoms with E-state index in [0.717, 1.165) is 45.3 Å². The van der Waals surface area contributed by atoms with E-state index in [0.29, 0.717) is 0 Å². The fraction of sp³-hybridized carbons (Fsp3) is 0.0968. The zero-order valence-corrected chi connectivity index (χ0v) is 36.8. The summed E-state index contributed by atoms with van der Waals surface area (Å²) in [5.41, 5.74) is 22.3. The van der Waals surface area contributed by atoms with Crippen LogP contribution >= 0.6 is 0 Å². The highest BCUT2D eigenvalue weighted by Gasteiger charge is 2.37. The lowest BCUT2D eigenvalue weighted by Gasteiger charge is -2.28. The molecule has 9 aromatic rings. The number of fused-ring (bicyclic) bond motifs is 6. The van der Waals surface area contributed by atoms with E-state index in [4.69, 9.17) is 0 Å². The van der Waals surface area contributed by atoms with Crippen molar-refractivity contribution in [3.05, 3.63) is 252 Å². The Hall–Kier alpha value is -7.68. The number of para-hydroxylation sites is 2. The maximum Gasteiger partial charge on any atom is 0.0465 e. The van der Waals surface area contributed by atoms with Gasteiger partial charge in [-0.3, -0.25) is 0 Å². The molecule has 0 aliphatic heterocycles. The van der Waals surface area contributed by atoms with Crippen LogP contribution < -0.4 is 9.80 Å². The molecule has 0 saturated carbocycles. The molecule has 308 valence electrons. The molecule has 0 fully saturated rings. The number of benzene rings is 9. The average Bonchev–Trinajstić information content (AvgIpc) is 3.71. The standard InChI is InChI=1S/C62H50N2/c1-61(2)57-21-13-11-19-53(57)55-39-37-51(41-59(55)61)63(47-15-7-5-8-16-47)49-33-27-44(28-34-49)24-23-43-25-29-45(30-26-43)46-31-35-50(36-32-46)64(48-17-9-6-10-18-48)52-38-40-56-54-20-12-14-22-58(54)62(3,4)60(56)42-52/h5-42H,1-4H3/b24-23+. The summed E-state index contributed by atoms with van der Waals surface area (Å²) >= 11 is 0. The van der Waals surface area contributed by atoms with Gasteiger partial charge in [0.05, 0.1) is 0 Å². The van der Waals surface area contributed by atoms with Crippen LogP contribution in [0.2, 0.25) is 0 Å². The predicted octanol–water partition coefficient (Wildman–Crippen LogP) is 17.1. The molecular formula is C62H50N2. The van der Waals surface area contributed by atoms with Crippen LogP contribution in [0.5, 0.6) is 0 Å². The largest absolute Gasteiger partial charge is 0.310 e. The Morgan fingerprint density at radius 3 is 1.03 bits per heavy atom. The maximum absolute atomic E-state index is 2.39. The molecule has 0 saturated heterocycles. The second-order valence-corrected chi connectivity index (χ2v) is 18.2. The van der Waals surface area contributed by atoms with Gasteiger partial charge in [0.2, 0.25) is 0 Å². The maximum atomic E-state index is 2.39. The second-order valence-electron chi connectivity index (χ2n) is 18.2. The summed E-state index contributed by atoms with van der Waals surface area (Å²) in [5, 5.41) is 0. The predicted molar refractivity (Wildman–Crippen MR) is 272 cm³/mol. The van der Waals surface area contributed by atoms with Crippen molar-refractivity contribution in [2.75, 3.05) is 9.80 Å². The summed E-state index contributed by atoms with van der Waals surface area (Å²) in [6.07, 6.45) is 4.40. The Morgan fingerprint density at radius 2 is 0.594 bits per heavy atom. The quantitative estimate of drug-likeness (QED) is 0.134. The number of rotatable bonds is 9. The molecule has 0 aromatic heterocycles. The topological polar surface area (TPSA) is 6.48 Å². The van der Waals surface area contributed by atoms with Gasteiger partial charge in [0.25, 0.3) is 0 Å². The van der Waals surface area contributed by atoms with Gasteiger partial charge in [-0.15, -0.1) is 0 Å². The van der Waals surface area contributed by atoms with E-state index in [-0.39, 0.29) is 10.8 Å². The van der Waals surface area contributed by atoms with Crippen LogP contribution in [0.3, 0.4) is 0 Å². The second kappa shape index (κ2) is 15.6. The van der Waals surface area contributed by atoms with Crippen molar-refractivity contribution >= 4 is 46.3 Å². The molecule has 0 bridgehead atoms. The first kappa shape index (κ1) is 39.2. The summed E-state index contributed by atoms with van der Waals surface area (Å²) in [6.45, 7) is 9.38. The Balaban J connectivity index is 0.823. The van der Waals surface area contributed by atoms with Crippen LogP contribution in [0.15, 0.2) is 218 Å². The Morgan fingerprint density at radius 1 is 0.281 bits per heavy atom. The lowest BCUT2D eigenvalue weighted by atomic mass is 9.82. The van der Waals surface area contributed by atoms with Crippen molar-refractivity contribution < 1.29 is 0 Å². The third kappa shape index (κ3) is 6.74. The molecular weight excluding hydrogens is 773 g/mol. The summed E-state index contributed by atoms with van der Waals surface area (Å²) in [6, 6.07) is 79.7. The molecule has 0 amide bonds. The summed E-state index contributed by atoms with van der Waals surface area (Å²) in [7, 11) is 0. The fourth-order valence-electron chi connectivity index (χ4n) is 10.2. The Kier molecular flexibility index (Phi) is 9.55. The number of hydrogen-bond acceptors (Lipinski definition) is 2. The minimum absolute atomic E-state index is 0.0675. The van der Waals surface area contributed by atoms with E-state index >= 15 is 0 Å². The minimum atomic E-state index is -0.0692. The molecule has 0 heterocycles. The van der Waals surface area contributed by atoms with Crippen LogP contribution in [-0.4, -0.2) is 0 Å². The molecule has 0 spiro atoms. The van der Waals surface area contributed by atoms with Crippen LogP contribution in [-0.2, 0) is 10.8 Å². The van der Waals surface area contributed by atoms with Crippen LogP contribution in [0.25, 0.3) is 45.5 Å². The lowest BCUT2D eigenvalue weighted by Crippen LogP contribution is -2.16. The monoisotopic (exact) mass is 822 g/mol. The van der Waals surface area contributed by atoms with Gasteiger partial charge in [-0.05, 0) is 140 Å². The summed E-state index contributed by atoms with van der Waals surface area (Å²) in [4.78, 5) is 4.74. The molecule has 9 aromatic carbocycles. The van der Waals surface area contributed by atoms with Gasteiger partial charge >= 0.3 is 0 Å². The first-order valence-corrected chi connectivity index (χ1v) is 22.4. The van der Waals surface area contributed by atoms with Gasteiger partial charge in [-0.1, -0.05) is 185 Å². The molecule has 2 aliphatic carbocycles. The van der Waals surface area contributed by atoms with E-state index in [1.54, 1.807) is 0 Å². The fourth-order valence-corrected chi connectivity index (χ4v) is 10.2. The summed E-state index contributed by atoms with van der Waals surface area (Å²) in [5.74, 6) is 0. The number of hydrogen-bond donors (Lipinski definition) is 0. The van der Waals surface area contributed by atoms with Gasteiger partial charge in [-0.25, -0.2) is 0 Å². The number of anilines is 6. The van der Waals surface area contributed by atoms with Crippen molar-refractivity contribution in [2.24, 2.45) is 0 Å². The SMILES string of the molecule is CC1(C)c2ccccc2-c2ccc(N(c3ccccc3)c3ccc(/C=C/c4ccc(-c5ccc(N(c6ccccc6)c6ccc7c(c6)C(C)(C)c6ccccc6-7)cc5)cc4)cc3)cc21. The van der Waals surface area contributed by atoms with Crippen LogP contribution in [0.1, 0.15) is 61.1 Å². The van der Waals surface area contributed by atoms with Crippen molar-refractivity contribution in [1.82, 2.24) is 0 Å². The first-order chi connectivity index (χ1) is 31.2. The van der Waals surface area contributed by atoms with E-state index in [1.165, 1.54) is 55.6 Å². The highest BCUT2D eigenvalue weighted by Crippen LogP contribution is 2.52. The molecule has 64 heavy (non-hydrogen) atoms. The minimum Gasteiger partial charge on any atom is -0.310 e. The molecule has 2 aliphatic rings. The third-order valence-corrected chi connectivity index (χ3v) is 13.7. The normalized spacial score (nSPS) is 13.8. The van der Waals surface area contributed by atoms with Crippen molar-refractivity contribution in [3.8, 4) is 33.4 Å². The lowest BCUT2D eigenvalue weighted by molar-refractivity contribution is 0.660. The summed E-state index contributed by atoms with van der Waals surface area (Å²) < 4.78 is 0. The molecule has 0 atom stereocenters. The number of nitrogens with zero attached hydrogens (tertiary/aromatic N) is 2. The molecule has 0 radical (unpaired) electrons. The molecule has 0 N–H and O–H groups in total. The zero-order chi connectivity index (χ0) is 43.4. The Bertz CT molecular complexity index is 3180. The average molecular weight is 823 g/mol. The highest BCUT2D eigenvalue weighted by molar-refractivity contribution is 5.88. The van der Waals surface area contributed by atoms with Gasteiger partial charge in [-0.2, -0.15) is 0 Å². The highest BCUT2D eigenvalue weighted by atomic mass is 15.1. The van der Waals surface area contributed by atoms with Crippen molar-refractivity contribution in [1.29, 1.82) is 0 Å².